The Balaban J connectivity index is 2.38. The summed E-state index contributed by atoms with van der Waals surface area (Å²) in [6.45, 7) is 2.10. The molecule has 3 aromatic heterocycles. The van der Waals surface area contributed by atoms with Crippen molar-refractivity contribution in [3.8, 4) is 0 Å². The Labute approximate surface area is 126 Å². The summed E-state index contributed by atoms with van der Waals surface area (Å²) < 4.78 is 3.40. The van der Waals surface area contributed by atoms with Gasteiger partial charge in [-0.05, 0) is 12.5 Å². The lowest BCUT2D eigenvalue weighted by atomic mass is 10.1. The number of nitrogens with zero attached hydrogens (tertiary/aromatic N) is 5. The molecule has 0 aliphatic carbocycles. The molecule has 0 saturated carbocycles. The van der Waals surface area contributed by atoms with Crippen LogP contribution in [0.3, 0.4) is 0 Å². The van der Waals surface area contributed by atoms with Gasteiger partial charge in [0.2, 0.25) is 5.78 Å². The van der Waals surface area contributed by atoms with Crippen molar-refractivity contribution in [3.05, 3.63) is 46.6 Å². The lowest BCUT2D eigenvalue weighted by Gasteiger charge is -2.12. The molecule has 0 radical (unpaired) electrons. The van der Waals surface area contributed by atoms with E-state index in [-0.39, 0.29) is 5.56 Å². The van der Waals surface area contributed by atoms with Gasteiger partial charge in [0.05, 0.1) is 22.1 Å². The standard InChI is InChI=1S/C16H15N5O/c1-3-6-12-14-13(10-7-4-5-8-11(10)18-12)15(22)20(2)16-19-17-9-21(14)16/h4-5,7-9H,3,6H2,1-2H3. The van der Waals surface area contributed by atoms with E-state index in [0.29, 0.717) is 11.2 Å². The maximum atomic E-state index is 12.9. The Kier molecular flexibility index (Phi) is 2.72. The second-order valence-corrected chi connectivity index (χ2v) is 5.41. The molecule has 4 aromatic rings. The fourth-order valence-electron chi connectivity index (χ4n) is 3.01. The number of hydrogen-bond acceptors (Lipinski definition) is 4. The van der Waals surface area contributed by atoms with Crippen molar-refractivity contribution in [1.29, 1.82) is 0 Å². The van der Waals surface area contributed by atoms with Crippen LogP contribution in [0.5, 0.6) is 0 Å². The van der Waals surface area contributed by atoms with Crippen LogP contribution in [0, 0.1) is 0 Å². The van der Waals surface area contributed by atoms with E-state index in [2.05, 4.69) is 17.1 Å². The average Bonchev–Trinajstić information content (AvgIpc) is 3.01. The summed E-state index contributed by atoms with van der Waals surface area (Å²) in [6, 6.07) is 7.76. The first-order valence-corrected chi connectivity index (χ1v) is 7.32. The normalized spacial score (nSPS) is 11.7. The molecule has 0 atom stereocenters. The van der Waals surface area contributed by atoms with Gasteiger partial charge < -0.3 is 0 Å². The van der Waals surface area contributed by atoms with Gasteiger partial charge in [0.15, 0.2) is 0 Å². The number of para-hydroxylation sites is 1. The average molecular weight is 293 g/mol. The highest BCUT2D eigenvalue weighted by atomic mass is 16.1. The second kappa shape index (κ2) is 4.62. The zero-order valence-corrected chi connectivity index (χ0v) is 12.4. The zero-order valence-electron chi connectivity index (χ0n) is 12.4. The quantitative estimate of drug-likeness (QED) is 0.531. The molecular formula is C16H15N5O. The highest BCUT2D eigenvalue weighted by Gasteiger charge is 2.17. The lowest BCUT2D eigenvalue weighted by Crippen LogP contribution is -2.21. The minimum Gasteiger partial charge on any atom is -0.279 e. The Morgan fingerprint density at radius 3 is 2.86 bits per heavy atom. The topological polar surface area (TPSA) is 65.1 Å². The van der Waals surface area contributed by atoms with Gasteiger partial charge in [0.25, 0.3) is 5.56 Å². The van der Waals surface area contributed by atoms with E-state index in [1.165, 1.54) is 4.57 Å². The van der Waals surface area contributed by atoms with E-state index in [1.54, 1.807) is 13.4 Å². The number of hydrogen-bond donors (Lipinski definition) is 0. The molecule has 0 unspecified atom stereocenters. The van der Waals surface area contributed by atoms with Gasteiger partial charge in [-0.1, -0.05) is 31.5 Å². The first-order valence-electron chi connectivity index (χ1n) is 7.32. The Morgan fingerprint density at radius 2 is 2.05 bits per heavy atom. The van der Waals surface area contributed by atoms with Gasteiger partial charge in [-0.25, -0.2) is 0 Å². The van der Waals surface area contributed by atoms with E-state index in [0.717, 1.165) is 35.0 Å². The molecule has 0 fully saturated rings. The number of benzene rings is 1. The minimum atomic E-state index is -0.0635. The Bertz CT molecular complexity index is 1080. The number of pyridine rings is 1. The lowest BCUT2D eigenvalue weighted by molar-refractivity contribution is 0.849. The molecule has 0 aliphatic heterocycles. The largest absolute Gasteiger partial charge is 0.279 e. The van der Waals surface area contributed by atoms with Crippen LogP contribution in [0.4, 0.5) is 0 Å². The molecule has 0 spiro atoms. The third-order valence-corrected chi connectivity index (χ3v) is 4.01. The summed E-state index contributed by atoms with van der Waals surface area (Å²) in [5.41, 5.74) is 2.52. The van der Waals surface area contributed by atoms with E-state index in [1.807, 2.05) is 28.7 Å². The molecule has 4 rings (SSSR count). The van der Waals surface area contributed by atoms with Crippen LogP contribution in [0.2, 0.25) is 0 Å². The predicted molar refractivity (Wildman–Crippen MR) is 85.0 cm³/mol. The molecule has 0 saturated heterocycles. The monoisotopic (exact) mass is 293 g/mol. The van der Waals surface area contributed by atoms with Crippen molar-refractivity contribution >= 4 is 27.6 Å². The van der Waals surface area contributed by atoms with Gasteiger partial charge in [0.1, 0.15) is 6.33 Å². The highest BCUT2D eigenvalue weighted by molar-refractivity contribution is 6.05. The first-order chi connectivity index (χ1) is 10.7. The SMILES string of the molecule is CCCc1nc2ccccc2c2c(=O)n(C)c3nncn3c12. The van der Waals surface area contributed by atoms with Crippen LogP contribution >= 0.6 is 0 Å². The van der Waals surface area contributed by atoms with Crippen molar-refractivity contribution < 1.29 is 0 Å². The molecule has 1 aromatic carbocycles. The van der Waals surface area contributed by atoms with Crippen LogP contribution in [0.15, 0.2) is 35.4 Å². The van der Waals surface area contributed by atoms with Crippen LogP contribution in [-0.4, -0.2) is 24.1 Å². The van der Waals surface area contributed by atoms with E-state index in [4.69, 9.17) is 4.98 Å². The molecule has 6 heteroatoms. The summed E-state index contributed by atoms with van der Waals surface area (Å²) in [4.78, 5) is 17.6. The molecule has 3 heterocycles. The van der Waals surface area contributed by atoms with Gasteiger partial charge >= 0.3 is 0 Å². The van der Waals surface area contributed by atoms with Gasteiger partial charge in [-0.15, -0.1) is 10.2 Å². The van der Waals surface area contributed by atoms with Gasteiger partial charge in [-0.2, -0.15) is 0 Å². The zero-order chi connectivity index (χ0) is 15.3. The maximum absolute atomic E-state index is 12.9. The molecule has 0 amide bonds. The number of fused-ring (bicyclic) bond motifs is 5. The van der Waals surface area contributed by atoms with Crippen molar-refractivity contribution in [2.24, 2.45) is 7.05 Å². The van der Waals surface area contributed by atoms with Gasteiger partial charge in [-0.3, -0.25) is 18.7 Å². The fraction of sp³-hybridized carbons (Fsp3) is 0.250. The Hall–Kier alpha value is -2.76. The summed E-state index contributed by atoms with van der Waals surface area (Å²) >= 11 is 0. The fourth-order valence-corrected chi connectivity index (χ4v) is 3.01. The molecule has 22 heavy (non-hydrogen) atoms. The van der Waals surface area contributed by atoms with Gasteiger partial charge in [0, 0.05) is 12.4 Å². The van der Waals surface area contributed by atoms with Crippen LogP contribution < -0.4 is 5.56 Å². The van der Waals surface area contributed by atoms with Crippen molar-refractivity contribution in [1.82, 2.24) is 24.1 Å². The highest BCUT2D eigenvalue weighted by Crippen LogP contribution is 2.25. The van der Waals surface area contributed by atoms with Crippen molar-refractivity contribution in [3.63, 3.8) is 0 Å². The molecular weight excluding hydrogens is 278 g/mol. The molecule has 0 aliphatic rings. The van der Waals surface area contributed by atoms with E-state index >= 15 is 0 Å². The third-order valence-electron chi connectivity index (χ3n) is 4.01. The molecule has 6 nitrogen and oxygen atoms in total. The Morgan fingerprint density at radius 1 is 1.23 bits per heavy atom. The maximum Gasteiger partial charge on any atom is 0.263 e. The summed E-state index contributed by atoms with van der Waals surface area (Å²) in [6.07, 6.45) is 3.41. The van der Waals surface area contributed by atoms with Crippen LogP contribution in [-0.2, 0) is 13.5 Å². The third kappa shape index (κ3) is 1.60. The number of aromatic nitrogens is 5. The summed E-state index contributed by atoms with van der Waals surface area (Å²) in [7, 11) is 1.72. The summed E-state index contributed by atoms with van der Waals surface area (Å²) in [5.74, 6) is 0.534. The van der Waals surface area contributed by atoms with Crippen molar-refractivity contribution in [2.75, 3.05) is 0 Å². The molecule has 0 bridgehead atoms. The number of aryl methyl sites for hydroxylation is 2. The van der Waals surface area contributed by atoms with Crippen LogP contribution in [0.1, 0.15) is 19.0 Å². The van der Waals surface area contributed by atoms with Crippen LogP contribution in [0.25, 0.3) is 27.6 Å². The predicted octanol–water partition coefficient (Wildman–Crippen LogP) is 2.08. The van der Waals surface area contributed by atoms with E-state index < -0.39 is 0 Å². The number of rotatable bonds is 2. The van der Waals surface area contributed by atoms with Crippen molar-refractivity contribution in [2.45, 2.75) is 19.8 Å². The summed E-state index contributed by atoms with van der Waals surface area (Å²) in [5, 5.41) is 9.57. The first kappa shape index (κ1) is 12.9. The second-order valence-electron chi connectivity index (χ2n) is 5.41. The smallest absolute Gasteiger partial charge is 0.263 e. The minimum absolute atomic E-state index is 0.0635. The molecule has 0 N–H and O–H groups in total. The van der Waals surface area contributed by atoms with E-state index in [9.17, 15) is 4.79 Å². The molecule has 110 valence electrons.